The highest BCUT2D eigenvalue weighted by molar-refractivity contribution is 5.95. The minimum absolute atomic E-state index is 0.0893. The molecule has 5 heteroatoms. The van der Waals surface area contributed by atoms with Gasteiger partial charge in [-0.05, 0) is 30.2 Å². The summed E-state index contributed by atoms with van der Waals surface area (Å²) in [6.45, 7) is 3.10. The Kier molecular flexibility index (Phi) is 6.32. The van der Waals surface area contributed by atoms with Crippen LogP contribution in [-0.2, 0) is 4.79 Å². The molecule has 1 saturated heterocycles. The number of anilines is 1. The van der Waals surface area contributed by atoms with Gasteiger partial charge >= 0.3 is 6.03 Å². The first-order valence-corrected chi connectivity index (χ1v) is 10.6. The number of hydrogen-bond donors (Lipinski definition) is 2. The number of aryl methyl sites for hydroxylation is 1. The fourth-order valence-electron chi connectivity index (χ4n) is 3.96. The van der Waals surface area contributed by atoms with Gasteiger partial charge in [-0.1, -0.05) is 78.4 Å². The van der Waals surface area contributed by atoms with Crippen molar-refractivity contribution in [3.63, 3.8) is 0 Å². The summed E-state index contributed by atoms with van der Waals surface area (Å²) >= 11 is 0. The number of nitrogens with zero attached hydrogens (tertiary/aromatic N) is 1. The largest absolute Gasteiger partial charge is 0.338 e. The molecule has 0 saturated carbocycles. The third kappa shape index (κ3) is 5.12. The van der Waals surface area contributed by atoms with Gasteiger partial charge < -0.3 is 15.5 Å². The molecular weight excluding hydrogens is 386 g/mol. The maximum absolute atomic E-state index is 12.7. The molecule has 0 aliphatic carbocycles. The van der Waals surface area contributed by atoms with E-state index in [9.17, 15) is 9.59 Å². The number of hydrogen-bond acceptors (Lipinski definition) is 2. The molecule has 1 heterocycles. The molecular formula is C26H27N3O2. The van der Waals surface area contributed by atoms with Crippen LogP contribution in [-0.4, -0.2) is 25.0 Å². The topological polar surface area (TPSA) is 61.4 Å². The number of amides is 3. The molecule has 2 N–H and O–H groups in total. The van der Waals surface area contributed by atoms with Crippen LogP contribution < -0.4 is 15.5 Å². The van der Waals surface area contributed by atoms with Crippen molar-refractivity contribution in [1.82, 2.24) is 10.6 Å². The van der Waals surface area contributed by atoms with E-state index in [0.29, 0.717) is 19.5 Å². The van der Waals surface area contributed by atoms with Gasteiger partial charge in [0.2, 0.25) is 5.91 Å². The lowest BCUT2D eigenvalue weighted by atomic mass is 9.99. The van der Waals surface area contributed by atoms with E-state index in [2.05, 4.69) is 10.6 Å². The van der Waals surface area contributed by atoms with Gasteiger partial charge in [-0.25, -0.2) is 4.79 Å². The average Bonchev–Trinajstić information content (AvgIpc) is 3.18. The zero-order valence-corrected chi connectivity index (χ0v) is 17.6. The van der Waals surface area contributed by atoms with Crippen LogP contribution in [0.2, 0.25) is 0 Å². The molecule has 1 fully saturated rings. The van der Waals surface area contributed by atoms with Crippen molar-refractivity contribution in [2.45, 2.75) is 19.4 Å². The van der Waals surface area contributed by atoms with E-state index in [1.807, 2.05) is 91.9 Å². The lowest BCUT2D eigenvalue weighted by molar-refractivity contribution is -0.117. The van der Waals surface area contributed by atoms with Crippen molar-refractivity contribution in [3.8, 4) is 0 Å². The lowest BCUT2D eigenvalue weighted by Crippen LogP contribution is -2.41. The van der Waals surface area contributed by atoms with Gasteiger partial charge in [0.25, 0.3) is 0 Å². The van der Waals surface area contributed by atoms with Gasteiger partial charge in [0, 0.05) is 31.1 Å². The Labute approximate surface area is 183 Å². The lowest BCUT2D eigenvalue weighted by Gasteiger charge is -2.21. The van der Waals surface area contributed by atoms with E-state index in [-0.39, 0.29) is 23.9 Å². The molecule has 1 aliphatic heterocycles. The van der Waals surface area contributed by atoms with Crippen molar-refractivity contribution < 1.29 is 9.59 Å². The fraction of sp³-hybridized carbons (Fsp3) is 0.231. The van der Waals surface area contributed by atoms with Crippen LogP contribution in [0.15, 0.2) is 84.9 Å². The molecule has 0 bridgehead atoms. The standard InChI is InChI=1S/C26H27N3O2/c1-19-12-14-23(15-13-19)29-18-20(16-24(29)30)17-27-26(31)28-25(21-8-4-2-5-9-21)22-10-6-3-7-11-22/h2-15,20,25H,16-18H2,1H3,(H2,27,28,31). The second kappa shape index (κ2) is 9.47. The number of rotatable bonds is 6. The molecule has 1 atom stereocenters. The first-order valence-electron chi connectivity index (χ1n) is 10.6. The first kappa shape index (κ1) is 20.7. The molecule has 3 aromatic rings. The fourth-order valence-corrected chi connectivity index (χ4v) is 3.96. The van der Waals surface area contributed by atoms with Crippen LogP contribution in [0.25, 0.3) is 0 Å². The minimum Gasteiger partial charge on any atom is -0.338 e. The molecule has 0 radical (unpaired) electrons. The van der Waals surface area contributed by atoms with Crippen molar-refractivity contribution in [1.29, 1.82) is 0 Å². The molecule has 158 valence electrons. The molecule has 5 nitrogen and oxygen atoms in total. The quantitative estimate of drug-likeness (QED) is 0.628. The van der Waals surface area contributed by atoms with E-state index in [4.69, 9.17) is 0 Å². The summed E-state index contributed by atoms with van der Waals surface area (Å²) in [5, 5.41) is 6.05. The van der Waals surface area contributed by atoms with Crippen molar-refractivity contribution >= 4 is 17.6 Å². The zero-order chi connectivity index (χ0) is 21.6. The van der Waals surface area contributed by atoms with Crippen LogP contribution in [0.5, 0.6) is 0 Å². The summed E-state index contributed by atoms with van der Waals surface area (Å²) in [7, 11) is 0. The predicted octanol–water partition coefficient (Wildman–Crippen LogP) is 4.44. The summed E-state index contributed by atoms with van der Waals surface area (Å²) in [4.78, 5) is 27.0. The highest BCUT2D eigenvalue weighted by Gasteiger charge is 2.30. The summed E-state index contributed by atoms with van der Waals surface area (Å²) in [6.07, 6.45) is 0.439. The van der Waals surface area contributed by atoms with Gasteiger partial charge in [-0.15, -0.1) is 0 Å². The van der Waals surface area contributed by atoms with E-state index in [0.717, 1.165) is 22.4 Å². The Bertz CT molecular complexity index is 980. The SMILES string of the molecule is Cc1ccc(N2CC(CNC(=O)NC(c3ccccc3)c3ccccc3)CC2=O)cc1. The molecule has 0 aromatic heterocycles. The Morgan fingerprint density at radius 3 is 2.10 bits per heavy atom. The van der Waals surface area contributed by atoms with Crippen LogP contribution >= 0.6 is 0 Å². The summed E-state index contributed by atoms with van der Waals surface area (Å²) in [5.41, 5.74) is 4.11. The molecule has 3 amide bonds. The zero-order valence-electron chi connectivity index (χ0n) is 17.6. The average molecular weight is 414 g/mol. The number of nitrogens with one attached hydrogen (secondary N) is 2. The monoisotopic (exact) mass is 413 g/mol. The van der Waals surface area contributed by atoms with Gasteiger partial charge in [-0.2, -0.15) is 0 Å². The number of carbonyl (C=O) groups is 2. The molecule has 4 rings (SSSR count). The second-order valence-electron chi connectivity index (χ2n) is 8.02. The third-order valence-electron chi connectivity index (χ3n) is 5.64. The Hall–Kier alpha value is -3.60. The number of benzene rings is 3. The first-order chi connectivity index (χ1) is 15.1. The van der Waals surface area contributed by atoms with Gasteiger partial charge in [0.1, 0.15) is 0 Å². The smallest absolute Gasteiger partial charge is 0.315 e. The van der Waals surface area contributed by atoms with E-state index < -0.39 is 0 Å². The van der Waals surface area contributed by atoms with Crippen LogP contribution in [0, 0.1) is 12.8 Å². The van der Waals surface area contributed by atoms with Crippen LogP contribution in [0.3, 0.4) is 0 Å². The maximum Gasteiger partial charge on any atom is 0.315 e. The second-order valence-corrected chi connectivity index (χ2v) is 8.02. The van der Waals surface area contributed by atoms with Crippen molar-refractivity contribution in [2.24, 2.45) is 5.92 Å². The normalized spacial score (nSPS) is 15.9. The molecule has 31 heavy (non-hydrogen) atoms. The highest BCUT2D eigenvalue weighted by Crippen LogP contribution is 2.25. The number of carbonyl (C=O) groups excluding carboxylic acids is 2. The summed E-state index contributed by atoms with van der Waals surface area (Å²) < 4.78 is 0. The Balaban J connectivity index is 1.37. The Morgan fingerprint density at radius 1 is 0.935 bits per heavy atom. The summed E-state index contributed by atoms with van der Waals surface area (Å²) in [5.74, 6) is 0.189. The minimum atomic E-state index is -0.239. The van der Waals surface area contributed by atoms with Crippen molar-refractivity contribution in [3.05, 3.63) is 102 Å². The molecule has 1 unspecified atom stereocenters. The highest BCUT2D eigenvalue weighted by atomic mass is 16.2. The molecule has 3 aromatic carbocycles. The molecule has 1 aliphatic rings. The van der Waals surface area contributed by atoms with E-state index in [1.54, 1.807) is 4.90 Å². The van der Waals surface area contributed by atoms with E-state index >= 15 is 0 Å². The van der Waals surface area contributed by atoms with Gasteiger partial charge in [0.15, 0.2) is 0 Å². The third-order valence-corrected chi connectivity index (χ3v) is 5.64. The van der Waals surface area contributed by atoms with Crippen LogP contribution in [0.1, 0.15) is 29.2 Å². The van der Waals surface area contributed by atoms with Gasteiger partial charge in [-0.3, -0.25) is 4.79 Å². The summed E-state index contributed by atoms with van der Waals surface area (Å²) in [6, 6.07) is 27.3. The molecule has 0 spiro atoms. The Morgan fingerprint density at radius 2 is 1.52 bits per heavy atom. The van der Waals surface area contributed by atoms with Gasteiger partial charge in [0.05, 0.1) is 6.04 Å². The maximum atomic E-state index is 12.7. The predicted molar refractivity (Wildman–Crippen MR) is 123 cm³/mol. The van der Waals surface area contributed by atoms with E-state index in [1.165, 1.54) is 0 Å². The van der Waals surface area contributed by atoms with Crippen LogP contribution in [0.4, 0.5) is 10.5 Å². The number of urea groups is 1. The van der Waals surface area contributed by atoms with Crippen molar-refractivity contribution in [2.75, 3.05) is 18.0 Å².